The molecule has 0 atom stereocenters. The first kappa shape index (κ1) is 17.1. The molecular weight excluding hydrogens is 366 g/mol. The van der Waals surface area contributed by atoms with Gasteiger partial charge in [0.05, 0.1) is 15.6 Å². The molecule has 0 aliphatic carbocycles. The van der Waals surface area contributed by atoms with Crippen LogP contribution in [0.5, 0.6) is 0 Å². The van der Waals surface area contributed by atoms with E-state index in [1.165, 1.54) is 24.5 Å². The molecule has 0 aliphatic rings. The number of anilines is 3. The van der Waals surface area contributed by atoms with Crippen molar-refractivity contribution in [1.82, 2.24) is 9.97 Å². The summed E-state index contributed by atoms with van der Waals surface area (Å²) in [5, 5.41) is 6.26. The van der Waals surface area contributed by atoms with Gasteiger partial charge in [-0.1, -0.05) is 29.3 Å². The van der Waals surface area contributed by atoms with E-state index in [0.29, 0.717) is 21.4 Å². The third kappa shape index (κ3) is 4.43. The lowest BCUT2D eigenvalue weighted by molar-refractivity contribution is 0.102. The molecule has 0 spiro atoms. The highest BCUT2D eigenvalue weighted by Crippen LogP contribution is 2.25. The molecule has 0 bridgehead atoms. The fourth-order valence-electron chi connectivity index (χ4n) is 1.98. The summed E-state index contributed by atoms with van der Waals surface area (Å²) in [5.74, 6) is -0.519. The molecular formula is C17H11Cl2FN4O. The van der Waals surface area contributed by atoms with E-state index in [2.05, 4.69) is 20.6 Å². The van der Waals surface area contributed by atoms with Gasteiger partial charge >= 0.3 is 0 Å². The van der Waals surface area contributed by atoms with Crippen molar-refractivity contribution < 1.29 is 9.18 Å². The largest absolute Gasteiger partial charge is 0.324 e. The zero-order chi connectivity index (χ0) is 17.8. The van der Waals surface area contributed by atoms with Crippen LogP contribution < -0.4 is 10.6 Å². The molecule has 1 amide bonds. The van der Waals surface area contributed by atoms with Gasteiger partial charge in [-0.25, -0.2) is 14.4 Å². The van der Waals surface area contributed by atoms with Crippen molar-refractivity contribution in [3.8, 4) is 0 Å². The Morgan fingerprint density at radius 3 is 2.40 bits per heavy atom. The molecule has 0 saturated carbocycles. The van der Waals surface area contributed by atoms with Crippen LogP contribution in [0.3, 0.4) is 0 Å². The Morgan fingerprint density at radius 2 is 1.72 bits per heavy atom. The van der Waals surface area contributed by atoms with Crippen LogP contribution in [0.4, 0.5) is 21.7 Å². The lowest BCUT2D eigenvalue weighted by Gasteiger charge is -2.07. The Labute approximate surface area is 152 Å². The molecule has 0 saturated heterocycles. The average molecular weight is 377 g/mol. The molecule has 3 aromatic rings. The normalized spacial score (nSPS) is 10.4. The van der Waals surface area contributed by atoms with Gasteiger partial charge in [-0.2, -0.15) is 0 Å². The van der Waals surface area contributed by atoms with Crippen molar-refractivity contribution >= 4 is 46.4 Å². The quantitative estimate of drug-likeness (QED) is 0.678. The molecule has 3 rings (SSSR count). The molecule has 1 aromatic heterocycles. The summed E-state index contributed by atoms with van der Waals surface area (Å²) in [7, 11) is 0. The van der Waals surface area contributed by atoms with Crippen LogP contribution >= 0.6 is 23.2 Å². The van der Waals surface area contributed by atoms with Gasteiger partial charge < -0.3 is 10.6 Å². The van der Waals surface area contributed by atoms with Gasteiger partial charge in [0.2, 0.25) is 5.95 Å². The van der Waals surface area contributed by atoms with E-state index in [1.54, 1.807) is 30.3 Å². The number of carbonyl (C=O) groups excluding carboxylic acids is 1. The smallest absolute Gasteiger partial charge is 0.258 e. The number of halogens is 3. The van der Waals surface area contributed by atoms with Gasteiger partial charge in [0.15, 0.2) is 0 Å². The molecule has 8 heteroatoms. The maximum Gasteiger partial charge on any atom is 0.258 e. The highest BCUT2D eigenvalue weighted by molar-refractivity contribution is 6.42. The van der Waals surface area contributed by atoms with Crippen LogP contribution in [-0.4, -0.2) is 15.9 Å². The molecule has 126 valence electrons. The molecule has 0 aliphatic heterocycles. The fraction of sp³-hybridized carbons (Fsp3) is 0. The van der Waals surface area contributed by atoms with E-state index in [-0.39, 0.29) is 17.3 Å². The van der Waals surface area contributed by atoms with Crippen LogP contribution in [0, 0.1) is 5.82 Å². The van der Waals surface area contributed by atoms with Crippen molar-refractivity contribution in [3.05, 3.63) is 76.3 Å². The molecule has 1 heterocycles. The molecule has 0 fully saturated rings. The lowest BCUT2D eigenvalue weighted by atomic mass is 10.2. The number of rotatable bonds is 4. The van der Waals surface area contributed by atoms with Crippen LogP contribution in [0.15, 0.2) is 54.9 Å². The van der Waals surface area contributed by atoms with E-state index < -0.39 is 5.91 Å². The topological polar surface area (TPSA) is 66.9 Å². The van der Waals surface area contributed by atoms with E-state index in [4.69, 9.17) is 23.2 Å². The van der Waals surface area contributed by atoms with Gasteiger partial charge in [0.25, 0.3) is 5.91 Å². The zero-order valence-corrected chi connectivity index (χ0v) is 14.1. The number of hydrogen-bond acceptors (Lipinski definition) is 4. The predicted molar refractivity (Wildman–Crippen MR) is 96.1 cm³/mol. The maximum absolute atomic E-state index is 13.1. The summed E-state index contributed by atoms with van der Waals surface area (Å²) >= 11 is 11.7. The summed E-state index contributed by atoms with van der Waals surface area (Å²) < 4.78 is 13.1. The number of aromatic nitrogens is 2. The monoisotopic (exact) mass is 376 g/mol. The summed E-state index contributed by atoms with van der Waals surface area (Å²) in [6, 6.07) is 10.7. The number of carbonyl (C=O) groups is 1. The minimum Gasteiger partial charge on any atom is -0.324 e. The third-order valence-electron chi connectivity index (χ3n) is 3.17. The number of nitrogens with zero attached hydrogens (tertiary/aromatic N) is 2. The molecule has 2 aromatic carbocycles. The van der Waals surface area contributed by atoms with Gasteiger partial charge in [-0.05, 0) is 36.4 Å². The molecule has 0 radical (unpaired) electrons. The van der Waals surface area contributed by atoms with E-state index in [9.17, 15) is 9.18 Å². The Hall–Kier alpha value is -2.70. The van der Waals surface area contributed by atoms with E-state index in [1.807, 2.05) is 0 Å². The van der Waals surface area contributed by atoms with Crippen LogP contribution in [0.25, 0.3) is 0 Å². The Morgan fingerprint density at radius 1 is 0.960 bits per heavy atom. The second kappa shape index (κ2) is 7.46. The van der Waals surface area contributed by atoms with Crippen molar-refractivity contribution in [2.75, 3.05) is 10.6 Å². The van der Waals surface area contributed by atoms with Crippen LogP contribution in [-0.2, 0) is 0 Å². The minimum atomic E-state index is -0.393. The average Bonchev–Trinajstić information content (AvgIpc) is 2.59. The van der Waals surface area contributed by atoms with Crippen molar-refractivity contribution in [2.45, 2.75) is 0 Å². The highest BCUT2D eigenvalue weighted by atomic mass is 35.5. The number of hydrogen-bond donors (Lipinski definition) is 2. The summed E-state index contributed by atoms with van der Waals surface area (Å²) in [6.45, 7) is 0. The van der Waals surface area contributed by atoms with Crippen molar-refractivity contribution in [2.24, 2.45) is 0 Å². The second-order valence-corrected chi connectivity index (χ2v) is 5.83. The first-order valence-electron chi connectivity index (χ1n) is 7.12. The summed E-state index contributed by atoms with van der Waals surface area (Å²) in [5.41, 5.74) is 1.27. The number of benzene rings is 2. The van der Waals surface area contributed by atoms with Gasteiger partial charge in [0.1, 0.15) is 5.82 Å². The molecule has 2 N–H and O–H groups in total. The second-order valence-electron chi connectivity index (χ2n) is 5.01. The zero-order valence-electron chi connectivity index (χ0n) is 12.6. The first-order chi connectivity index (χ1) is 12.0. The summed E-state index contributed by atoms with van der Waals surface area (Å²) in [6.07, 6.45) is 2.73. The minimum absolute atomic E-state index is 0.247. The SMILES string of the molecule is O=C(Nc1ccc(Cl)c(Cl)c1)c1cnc(Nc2cccc(F)c2)nc1. The molecule has 5 nitrogen and oxygen atoms in total. The molecule has 0 unspecified atom stereocenters. The van der Waals surface area contributed by atoms with Gasteiger partial charge in [-0.3, -0.25) is 4.79 Å². The maximum atomic E-state index is 13.1. The van der Waals surface area contributed by atoms with Crippen molar-refractivity contribution in [3.63, 3.8) is 0 Å². The van der Waals surface area contributed by atoms with Crippen LogP contribution in [0.1, 0.15) is 10.4 Å². The Bertz CT molecular complexity index is 919. The highest BCUT2D eigenvalue weighted by Gasteiger charge is 2.09. The van der Waals surface area contributed by atoms with Gasteiger partial charge in [-0.15, -0.1) is 0 Å². The molecule has 25 heavy (non-hydrogen) atoms. The Balaban J connectivity index is 1.68. The van der Waals surface area contributed by atoms with Gasteiger partial charge in [0, 0.05) is 23.8 Å². The lowest BCUT2D eigenvalue weighted by Crippen LogP contribution is -2.13. The van der Waals surface area contributed by atoms with Crippen molar-refractivity contribution in [1.29, 1.82) is 0 Å². The van der Waals surface area contributed by atoms with E-state index >= 15 is 0 Å². The summed E-state index contributed by atoms with van der Waals surface area (Å²) in [4.78, 5) is 20.3. The van der Waals surface area contributed by atoms with Crippen LogP contribution in [0.2, 0.25) is 10.0 Å². The van der Waals surface area contributed by atoms with E-state index in [0.717, 1.165) is 0 Å². The fourth-order valence-corrected chi connectivity index (χ4v) is 2.28. The standard InChI is InChI=1S/C17H11Cl2FN4O/c18-14-5-4-13(7-15(14)19)23-16(25)10-8-21-17(22-9-10)24-12-3-1-2-11(20)6-12/h1-9H,(H,23,25)(H,21,22,24). The number of amides is 1. The Kier molecular flexibility index (Phi) is 5.11. The number of nitrogens with one attached hydrogen (secondary N) is 2. The third-order valence-corrected chi connectivity index (χ3v) is 3.91. The first-order valence-corrected chi connectivity index (χ1v) is 7.88. The predicted octanol–water partition coefficient (Wildman–Crippen LogP) is 4.92.